The minimum absolute atomic E-state index is 0.247. The molecule has 0 fully saturated rings. The lowest BCUT2D eigenvalue weighted by Gasteiger charge is -2.20. The van der Waals surface area contributed by atoms with Crippen LogP contribution in [0.2, 0.25) is 0 Å². The quantitative estimate of drug-likeness (QED) is 0.570. The molecule has 96 valence electrons. The summed E-state index contributed by atoms with van der Waals surface area (Å²) in [6, 6.07) is 0. The van der Waals surface area contributed by atoms with Crippen LogP contribution in [0.15, 0.2) is 4.52 Å². The van der Waals surface area contributed by atoms with Crippen LogP contribution in [0.4, 0.5) is 0 Å². The van der Waals surface area contributed by atoms with Gasteiger partial charge in [-0.1, -0.05) is 19.0 Å². The number of aromatic nitrogens is 2. The van der Waals surface area contributed by atoms with Gasteiger partial charge in [-0.05, 0) is 5.41 Å². The number of ether oxygens (including phenoxy) is 1. The van der Waals surface area contributed by atoms with Crippen molar-refractivity contribution in [3.05, 3.63) is 11.7 Å². The van der Waals surface area contributed by atoms with Crippen LogP contribution in [0.3, 0.4) is 0 Å². The SMILES string of the molecule is COC(=O)CC(C)(C)Cc1nc(COP)no1. The summed E-state index contributed by atoms with van der Waals surface area (Å²) >= 11 is 0. The lowest BCUT2D eigenvalue weighted by molar-refractivity contribution is -0.142. The molecule has 1 heterocycles. The maximum atomic E-state index is 11.2. The first-order chi connectivity index (χ1) is 7.96. The Bertz CT molecular complexity index is 378. The van der Waals surface area contributed by atoms with E-state index in [4.69, 9.17) is 9.05 Å². The molecule has 0 spiro atoms. The largest absolute Gasteiger partial charge is 0.469 e. The molecule has 1 aromatic rings. The Kier molecular flexibility index (Phi) is 5.02. The highest BCUT2D eigenvalue weighted by atomic mass is 31.0. The molecule has 0 aromatic carbocycles. The predicted octanol–water partition coefficient (Wildman–Crippen LogP) is 1.51. The molecular formula is C10H17N2O4P. The van der Waals surface area contributed by atoms with Gasteiger partial charge in [-0.25, -0.2) is 0 Å². The average Bonchev–Trinajstić information content (AvgIpc) is 2.64. The summed E-state index contributed by atoms with van der Waals surface area (Å²) in [5.41, 5.74) is -0.279. The van der Waals surface area contributed by atoms with Crippen LogP contribution in [0.25, 0.3) is 0 Å². The number of esters is 1. The number of nitrogens with zero attached hydrogens (tertiary/aromatic N) is 2. The lowest BCUT2D eigenvalue weighted by atomic mass is 9.86. The summed E-state index contributed by atoms with van der Waals surface area (Å²) in [5.74, 6) is 0.739. The van der Waals surface area contributed by atoms with Gasteiger partial charge in [0.15, 0.2) is 5.82 Å². The number of carbonyl (C=O) groups excluding carboxylic acids is 1. The standard InChI is InChI=1S/C10H17N2O4P/c1-10(2,5-9(13)14-3)4-8-11-7(6-15-17)12-16-8/h4-6,17H2,1-3H3. The molecule has 1 atom stereocenters. The van der Waals surface area contributed by atoms with Gasteiger partial charge in [0.1, 0.15) is 6.61 Å². The van der Waals surface area contributed by atoms with Crippen LogP contribution in [0, 0.1) is 5.41 Å². The minimum atomic E-state index is -0.279. The van der Waals surface area contributed by atoms with E-state index in [9.17, 15) is 4.79 Å². The number of rotatable bonds is 6. The molecule has 0 N–H and O–H groups in total. The van der Waals surface area contributed by atoms with Crippen molar-refractivity contribution in [3.63, 3.8) is 0 Å². The number of methoxy groups -OCH3 is 1. The van der Waals surface area contributed by atoms with Gasteiger partial charge in [0.05, 0.1) is 13.5 Å². The topological polar surface area (TPSA) is 74.5 Å². The summed E-state index contributed by atoms with van der Waals surface area (Å²) in [5, 5.41) is 3.75. The normalized spacial score (nSPS) is 11.5. The molecule has 0 radical (unpaired) electrons. The monoisotopic (exact) mass is 260 g/mol. The van der Waals surface area contributed by atoms with Crippen molar-refractivity contribution in [1.29, 1.82) is 0 Å². The molecule has 0 amide bonds. The summed E-state index contributed by atoms with van der Waals surface area (Å²) in [7, 11) is 3.50. The number of hydrogen-bond acceptors (Lipinski definition) is 6. The Morgan fingerprint density at radius 3 is 2.82 bits per heavy atom. The van der Waals surface area contributed by atoms with Gasteiger partial charge < -0.3 is 13.8 Å². The van der Waals surface area contributed by atoms with Gasteiger partial charge in [-0.15, -0.1) is 0 Å². The molecule has 7 heteroatoms. The molecule has 0 aliphatic carbocycles. The maximum Gasteiger partial charge on any atom is 0.306 e. The first-order valence-corrected chi connectivity index (χ1v) is 5.64. The zero-order valence-electron chi connectivity index (χ0n) is 10.2. The van der Waals surface area contributed by atoms with Crippen LogP contribution in [0.5, 0.6) is 0 Å². The fraction of sp³-hybridized carbons (Fsp3) is 0.700. The van der Waals surface area contributed by atoms with Crippen molar-refractivity contribution in [1.82, 2.24) is 10.1 Å². The highest BCUT2D eigenvalue weighted by molar-refractivity contribution is 7.09. The lowest BCUT2D eigenvalue weighted by Crippen LogP contribution is -2.21. The Morgan fingerprint density at radius 2 is 2.24 bits per heavy atom. The molecule has 0 aliphatic heterocycles. The van der Waals surface area contributed by atoms with E-state index in [1.54, 1.807) is 0 Å². The molecule has 1 aromatic heterocycles. The van der Waals surface area contributed by atoms with Gasteiger partial charge in [0, 0.05) is 15.9 Å². The zero-order chi connectivity index (χ0) is 12.9. The summed E-state index contributed by atoms with van der Waals surface area (Å²) < 4.78 is 14.5. The molecule has 1 rings (SSSR count). The van der Waals surface area contributed by atoms with Crippen LogP contribution in [0.1, 0.15) is 32.0 Å². The molecule has 1 unspecified atom stereocenters. The molecule has 0 aliphatic rings. The third kappa shape index (κ3) is 4.79. The van der Waals surface area contributed by atoms with Crippen molar-refractivity contribution >= 4 is 15.4 Å². The third-order valence-electron chi connectivity index (χ3n) is 2.20. The van der Waals surface area contributed by atoms with E-state index in [1.807, 2.05) is 13.8 Å². The van der Waals surface area contributed by atoms with Crippen molar-refractivity contribution in [2.75, 3.05) is 7.11 Å². The molecule has 0 saturated carbocycles. The van der Waals surface area contributed by atoms with Crippen LogP contribution >= 0.6 is 9.47 Å². The summed E-state index contributed by atoms with van der Waals surface area (Å²) in [6.07, 6.45) is 0.827. The van der Waals surface area contributed by atoms with Crippen LogP contribution in [-0.4, -0.2) is 23.2 Å². The molecule has 0 bridgehead atoms. The van der Waals surface area contributed by atoms with E-state index in [0.717, 1.165) is 0 Å². The van der Waals surface area contributed by atoms with Crippen molar-refractivity contribution in [3.8, 4) is 0 Å². The van der Waals surface area contributed by atoms with E-state index in [-0.39, 0.29) is 18.0 Å². The molecular weight excluding hydrogens is 243 g/mol. The first kappa shape index (κ1) is 14.1. The van der Waals surface area contributed by atoms with E-state index in [1.165, 1.54) is 7.11 Å². The van der Waals surface area contributed by atoms with Crippen molar-refractivity contribution in [2.24, 2.45) is 5.41 Å². The fourth-order valence-electron chi connectivity index (χ4n) is 1.43. The Balaban J connectivity index is 2.59. The van der Waals surface area contributed by atoms with Gasteiger partial charge in [0.2, 0.25) is 5.89 Å². The smallest absolute Gasteiger partial charge is 0.306 e. The zero-order valence-corrected chi connectivity index (χ0v) is 11.4. The number of hydrogen-bond donors (Lipinski definition) is 0. The van der Waals surface area contributed by atoms with Gasteiger partial charge in [-0.2, -0.15) is 4.98 Å². The van der Waals surface area contributed by atoms with E-state index < -0.39 is 0 Å². The van der Waals surface area contributed by atoms with Crippen molar-refractivity contribution in [2.45, 2.75) is 33.3 Å². The van der Waals surface area contributed by atoms with Crippen LogP contribution in [-0.2, 0) is 27.1 Å². The second kappa shape index (κ2) is 6.07. The molecule has 17 heavy (non-hydrogen) atoms. The van der Waals surface area contributed by atoms with E-state index in [0.29, 0.717) is 24.6 Å². The third-order valence-corrected chi connectivity index (χ3v) is 2.37. The number of carbonyl (C=O) groups is 1. The highest BCUT2D eigenvalue weighted by Gasteiger charge is 2.25. The molecule has 0 saturated heterocycles. The van der Waals surface area contributed by atoms with E-state index >= 15 is 0 Å². The Labute approximate surface area is 102 Å². The maximum absolute atomic E-state index is 11.2. The Hall–Kier alpha value is -1.00. The predicted molar refractivity (Wildman–Crippen MR) is 62.9 cm³/mol. The highest BCUT2D eigenvalue weighted by Crippen LogP contribution is 2.25. The van der Waals surface area contributed by atoms with E-state index in [2.05, 4.69) is 24.3 Å². The minimum Gasteiger partial charge on any atom is -0.469 e. The summed E-state index contributed by atoms with van der Waals surface area (Å²) in [6.45, 7) is 4.17. The van der Waals surface area contributed by atoms with Gasteiger partial charge in [-0.3, -0.25) is 4.79 Å². The fourth-order valence-corrected chi connectivity index (χ4v) is 1.58. The van der Waals surface area contributed by atoms with Gasteiger partial charge >= 0.3 is 5.97 Å². The second-order valence-electron chi connectivity index (χ2n) is 4.51. The average molecular weight is 260 g/mol. The second-order valence-corrected chi connectivity index (χ2v) is 4.84. The first-order valence-electron chi connectivity index (χ1n) is 5.17. The molecule has 6 nitrogen and oxygen atoms in total. The van der Waals surface area contributed by atoms with Crippen molar-refractivity contribution < 1.29 is 18.6 Å². The van der Waals surface area contributed by atoms with Gasteiger partial charge in [0.25, 0.3) is 0 Å². The van der Waals surface area contributed by atoms with Crippen LogP contribution < -0.4 is 0 Å². The Morgan fingerprint density at radius 1 is 1.53 bits per heavy atom. The summed E-state index contributed by atoms with van der Waals surface area (Å²) in [4.78, 5) is 15.4.